The summed E-state index contributed by atoms with van der Waals surface area (Å²) in [4.78, 5) is 14.4. The van der Waals surface area contributed by atoms with Crippen LogP contribution in [0.4, 0.5) is 9.80 Å². The van der Waals surface area contributed by atoms with Crippen LogP contribution in [-0.2, 0) is 17.7 Å². The van der Waals surface area contributed by atoms with E-state index >= 15 is 0 Å². The predicted octanol–water partition coefficient (Wildman–Crippen LogP) is 5.49. The van der Waals surface area contributed by atoms with Crippen LogP contribution < -0.4 is 10.6 Å². The molecule has 0 spiro atoms. The Labute approximate surface area is 165 Å². The van der Waals surface area contributed by atoms with Gasteiger partial charge in [0.05, 0.1) is 16.8 Å². The van der Waals surface area contributed by atoms with E-state index in [0.29, 0.717) is 0 Å². The SMILES string of the molecule is C[C@@H](Cc1cc2nsc(NCc3cccs3)c2s1)NC(=O)OC(C)(C)C. The first-order valence-electron chi connectivity index (χ1n) is 8.44. The van der Waals surface area contributed by atoms with Crippen LogP contribution in [0, 0.1) is 0 Å². The van der Waals surface area contributed by atoms with E-state index < -0.39 is 5.60 Å². The van der Waals surface area contributed by atoms with Crippen molar-refractivity contribution in [2.24, 2.45) is 0 Å². The molecule has 0 aromatic carbocycles. The lowest BCUT2D eigenvalue weighted by atomic mass is 10.2. The van der Waals surface area contributed by atoms with Crippen molar-refractivity contribution < 1.29 is 9.53 Å². The van der Waals surface area contributed by atoms with E-state index in [9.17, 15) is 4.79 Å². The zero-order valence-corrected chi connectivity index (χ0v) is 17.7. The number of alkyl carbamates (subject to hydrolysis) is 1. The summed E-state index contributed by atoms with van der Waals surface area (Å²) in [7, 11) is 0. The molecule has 0 aliphatic carbocycles. The maximum Gasteiger partial charge on any atom is 0.407 e. The van der Waals surface area contributed by atoms with Gasteiger partial charge in [0, 0.05) is 22.2 Å². The van der Waals surface area contributed by atoms with Gasteiger partial charge in [0.15, 0.2) is 0 Å². The van der Waals surface area contributed by atoms with Gasteiger partial charge in [0.25, 0.3) is 0 Å². The third-order valence-electron chi connectivity index (χ3n) is 3.48. The van der Waals surface area contributed by atoms with Gasteiger partial charge >= 0.3 is 6.09 Å². The highest BCUT2D eigenvalue weighted by molar-refractivity contribution is 7.24. The third kappa shape index (κ3) is 5.18. The summed E-state index contributed by atoms with van der Waals surface area (Å²) in [6.07, 6.45) is 0.383. The molecular weight excluding hydrogens is 386 g/mol. The van der Waals surface area contributed by atoms with Gasteiger partial charge in [-0.1, -0.05) is 6.07 Å². The van der Waals surface area contributed by atoms with Crippen LogP contribution in [0.3, 0.4) is 0 Å². The summed E-state index contributed by atoms with van der Waals surface area (Å²) in [5.74, 6) is 0. The van der Waals surface area contributed by atoms with E-state index in [0.717, 1.165) is 23.5 Å². The summed E-state index contributed by atoms with van der Waals surface area (Å²) >= 11 is 4.98. The minimum Gasteiger partial charge on any atom is -0.444 e. The normalized spacial score (nSPS) is 12.9. The molecule has 0 radical (unpaired) electrons. The predicted molar refractivity (Wildman–Crippen MR) is 112 cm³/mol. The van der Waals surface area contributed by atoms with Crippen LogP contribution in [0.2, 0.25) is 0 Å². The fraction of sp³-hybridized carbons (Fsp3) is 0.444. The number of aromatic nitrogens is 1. The van der Waals surface area contributed by atoms with Gasteiger partial charge in [0.1, 0.15) is 10.6 Å². The summed E-state index contributed by atoms with van der Waals surface area (Å²) in [6.45, 7) is 8.39. The molecule has 1 atom stereocenters. The van der Waals surface area contributed by atoms with Crippen molar-refractivity contribution in [2.45, 2.75) is 52.3 Å². The van der Waals surface area contributed by atoms with Crippen LogP contribution in [0.15, 0.2) is 23.6 Å². The quantitative estimate of drug-likeness (QED) is 0.565. The molecule has 0 fully saturated rings. The number of thiophene rings is 2. The van der Waals surface area contributed by atoms with E-state index in [2.05, 4.69) is 38.6 Å². The molecular formula is C18H23N3O2S3. The summed E-state index contributed by atoms with van der Waals surface area (Å²) in [5, 5.41) is 9.57. The first-order chi connectivity index (χ1) is 12.3. The van der Waals surface area contributed by atoms with Crippen molar-refractivity contribution in [2.75, 3.05) is 5.32 Å². The van der Waals surface area contributed by atoms with E-state index in [1.54, 1.807) is 22.7 Å². The lowest BCUT2D eigenvalue weighted by Gasteiger charge is -2.21. The molecule has 0 saturated heterocycles. The highest BCUT2D eigenvalue weighted by Gasteiger charge is 2.19. The molecule has 140 valence electrons. The Hall–Kier alpha value is -1.64. The second kappa shape index (κ2) is 7.94. The number of carbonyl (C=O) groups excluding carboxylic acids is 1. The second-order valence-corrected chi connectivity index (χ2v) is 10.1. The van der Waals surface area contributed by atoms with Crippen LogP contribution >= 0.6 is 34.2 Å². The molecule has 1 amide bonds. The van der Waals surface area contributed by atoms with Crippen LogP contribution in [0.5, 0.6) is 0 Å². The van der Waals surface area contributed by atoms with Gasteiger partial charge in [0.2, 0.25) is 0 Å². The molecule has 0 aliphatic rings. The Morgan fingerprint density at radius 3 is 2.85 bits per heavy atom. The number of anilines is 1. The monoisotopic (exact) mass is 409 g/mol. The molecule has 0 saturated carbocycles. The highest BCUT2D eigenvalue weighted by Crippen LogP contribution is 2.36. The lowest BCUT2D eigenvalue weighted by Crippen LogP contribution is -2.38. The molecule has 26 heavy (non-hydrogen) atoms. The largest absolute Gasteiger partial charge is 0.444 e. The molecule has 2 N–H and O–H groups in total. The standard InChI is InChI=1S/C18H23N3O2S3/c1-11(20-17(22)23-18(2,3)4)8-13-9-14-15(25-13)16(26-21-14)19-10-12-6-5-7-24-12/h5-7,9,11,19H,8,10H2,1-4H3,(H,20,22)/t11-/m0/s1. The van der Waals surface area contributed by atoms with Gasteiger partial charge < -0.3 is 15.4 Å². The van der Waals surface area contributed by atoms with E-state index in [1.165, 1.54) is 26.0 Å². The number of ether oxygens (including phenoxy) is 1. The molecule has 5 nitrogen and oxygen atoms in total. The minimum absolute atomic E-state index is 0.00110. The molecule has 0 aliphatic heterocycles. The average Bonchev–Trinajstić information content (AvgIpc) is 3.19. The molecule has 3 aromatic rings. The smallest absolute Gasteiger partial charge is 0.407 e. The van der Waals surface area contributed by atoms with Crippen LogP contribution in [-0.4, -0.2) is 22.1 Å². The first-order valence-corrected chi connectivity index (χ1v) is 10.9. The van der Waals surface area contributed by atoms with Gasteiger partial charge in [-0.15, -0.1) is 22.7 Å². The number of fused-ring (bicyclic) bond motifs is 1. The fourth-order valence-corrected chi connectivity index (χ4v) is 5.19. The zero-order chi connectivity index (χ0) is 18.7. The van der Waals surface area contributed by atoms with Crippen LogP contribution in [0.25, 0.3) is 10.2 Å². The zero-order valence-electron chi connectivity index (χ0n) is 15.3. The molecule has 0 bridgehead atoms. The highest BCUT2D eigenvalue weighted by atomic mass is 32.1. The first kappa shape index (κ1) is 19.1. The van der Waals surface area contributed by atoms with Crippen molar-refractivity contribution in [3.63, 3.8) is 0 Å². The van der Waals surface area contributed by atoms with Crippen molar-refractivity contribution >= 4 is 55.5 Å². The third-order valence-corrected chi connectivity index (χ3v) is 6.47. The van der Waals surface area contributed by atoms with Gasteiger partial charge in [-0.3, -0.25) is 0 Å². The van der Waals surface area contributed by atoms with E-state index in [-0.39, 0.29) is 12.1 Å². The number of rotatable bonds is 6. The molecule has 3 heterocycles. The molecule has 0 unspecified atom stereocenters. The Morgan fingerprint density at radius 1 is 1.35 bits per heavy atom. The van der Waals surface area contributed by atoms with Gasteiger partial charge in [-0.25, -0.2) is 4.79 Å². The maximum absolute atomic E-state index is 11.9. The second-order valence-electron chi connectivity index (χ2n) is 7.12. The number of nitrogens with zero attached hydrogens (tertiary/aromatic N) is 1. The number of hydrogen-bond acceptors (Lipinski definition) is 7. The summed E-state index contributed by atoms with van der Waals surface area (Å²) in [6, 6.07) is 6.30. The molecule has 8 heteroatoms. The summed E-state index contributed by atoms with van der Waals surface area (Å²) < 4.78 is 11.0. The van der Waals surface area contributed by atoms with Crippen LogP contribution in [0.1, 0.15) is 37.4 Å². The fourth-order valence-electron chi connectivity index (χ4n) is 2.45. The number of hydrogen-bond donors (Lipinski definition) is 2. The average molecular weight is 410 g/mol. The van der Waals surface area contributed by atoms with E-state index in [1.807, 2.05) is 27.7 Å². The Morgan fingerprint density at radius 2 is 2.15 bits per heavy atom. The minimum atomic E-state index is -0.484. The number of amides is 1. The lowest BCUT2D eigenvalue weighted by molar-refractivity contribution is 0.0509. The van der Waals surface area contributed by atoms with Crippen molar-refractivity contribution in [3.05, 3.63) is 33.3 Å². The maximum atomic E-state index is 11.9. The summed E-state index contributed by atoms with van der Waals surface area (Å²) in [5.41, 5.74) is 0.537. The topological polar surface area (TPSA) is 63.2 Å². The number of carbonyl (C=O) groups is 1. The Bertz CT molecular complexity index is 862. The van der Waals surface area contributed by atoms with E-state index in [4.69, 9.17) is 4.74 Å². The Kier molecular flexibility index (Phi) is 5.84. The Balaban J connectivity index is 1.59. The van der Waals surface area contributed by atoms with Gasteiger partial charge in [-0.2, -0.15) is 4.37 Å². The molecule has 3 rings (SSSR count). The van der Waals surface area contributed by atoms with Crippen molar-refractivity contribution in [1.82, 2.24) is 9.69 Å². The van der Waals surface area contributed by atoms with Crippen molar-refractivity contribution in [1.29, 1.82) is 0 Å². The molecule has 3 aromatic heterocycles. The van der Waals surface area contributed by atoms with Crippen molar-refractivity contribution in [3.8, 4) is 0 Å². The number of nitrogens with one attached hydrogen (secondary N) is 2. The van der Waals surface area contributed by atoms with Gasteiger partial charge in [-0.05, 0) is 56.7 Å².